The highest BCUT2D eigenvalue weighted by Crippen LogP contribution is 2.47. The molecule has 0 saturated carbocycles. The van der Waals surface area contributed by atoms with Crippen LogP contribution < -0.4 is 16.0 Å². The van der Waals surface area contributed by atoms with Crippen LogP contribution in [0.2, 0.25) is 5.02 Å². The molecule has 1 fully saturated rings. The van der Waals surface area contributed by atoms with E-state index in [0.717, 1.165) is 15.5 Å². The first-order valence-electron chi connectivity index (χ1n) is 9.40. The van der Waals surface area contributed by atoms with Gasteiger partial charge in [0, 0.05) is 35.8 Å². The Balaban J connectivity index is 1.54. The molecular weight excluding hydrogens is 462 g/mol. The van der Waals surface area contributed by atoms with Gasteiger partial charge >= 0.3 is 12.1 Å². The zero-order chi connectivity index (χ0) is 22.2. The summed E-state index contributed by atoms with van der Waals surface area (Å²) in [6.45, 7) is 1.40. The number of benzene rings is 1. The van der Waals surface area contributed by atoms with Crippen molar-refractivity contribution >= 4 is 63.6 Å². The van der Waals surface area contributed by atoms with E-state index < -0.39 is 11.3 Å². The van der Waals surface area contributed by atoms with Gasteiger partial charge in [0.1, 0.15) is 0 Å². The number of nitrogens with two attached hydrogens (primary N) is 1. The number of methoxy groups -OCH3 is 1. The van der Waals surface area contributed by atoms with Gasteiger partial charge in [-0.2, -0.15) is 0 Å². The maximum Gasteiger partial charge on any atom is 0.409 e. The molecule has 1 atom stereocenters. The maximum atomic E-state index is 13.1. The average Bonchev–Trinajstić information content (AvgIpc) is 3.45. The van der Waals surface area contributed by atoms with Gasteiger partial charge in [0.05, 0.1) is 23.3 Å². The number of rotatable bonds is 4. The van der Waals surface area contributed by atoms with Crippen molar-refractivity contribution in [3.8, 4) is 0 Å². The Morgan fingerprint density at radius 1 is 1.39 bits per heavy atom. The number of halogens is 1. The van der Waals surface area contributed by atoms with E-state index in [1.165, 1.54) is 30.2 Å². The fourth-order valence-electron chi connectivity index (χ4n) is 4.01. The highest BCUT2D eigenvalue weighted by atomic mass is 35.5. The molecule has 1 saturated heterocycles. The number of primary amides is 1. The third kappa shape index (κ3) is 4.30. The van der Waals surface area contributed by atoms with Crippen molar-refractivity contribution in [2.45, 2.75) is 16.0 Å². The van der Waals surface area contributed by atoms with E-state index in [9.17, 15) is 14.4 Å². The van der Waals surface area contributed by atoms with E-state index >= 15 is 0 Å². The van der Waals surface area contributed by atoms with Crippen LogP contribution >= 0.6 is 34.7 Å². The lowest BCUT2D eigenvalue weighted by Gasteiger charge is -2.25. The van der Waals surface area contributed by atoms with Gasteiger partial charge in [0.15, 0.2) is 5.13 Å². The van der Waals surface area contributed by atoms with Crippen LogP contribution in [0.3, 0.4) is 0 Å². The molecule has 3 N–H and O–H groups in total. The SMILES string of the molecule is COC(=O)N1CCC2(C1)CN(C(=O)Nc1ncc(SCC(N)=O)s1)c1ccc(Cl)cc12. The van der Waals surface area contributed by atoms with Gasteiger partial charge in [0.2, 0.25) is 5.91 Å². The van der Waals surface area contributed by atoms with Crippen LogP contribution in [0.5, 0.6) is 0 Å². The fourth-order valence-corrected chi connectivity index (χ4v) is 5.79. The molecule has 1 spiro atoms. The number of carbonyl (C=O) groups excluding carboxylic acids is 3. The van der Waals surface area contributed by atoms with Crippen LogP contribution in [-0.4, -0.2) is 60.4 Å². The maximum absolute atomic E-state index is 13.1. The van der Waals surface area contributed by atoms with Crippen molar-refractivity contribution in [3.05, 3.63) is 35.0 Å². The van der Waals surface area contributed by atoms with E-state index in [4.69, 9.17) is 22.1 Å². The molecule has 12 heteroatoms. The molecule has 31 heavy (non-hydrogen) atoms. The Labute approximate surface area is 191 Å². The second-order valence-corrected chi connectivity index (χ2v) is 10.1. The lowest BCUT2D eigenvalue weighted by atomic mass is 9.81. The standard InChI is InChI=1S/C19H20ClN5O4S2/c1-29-18(28)24-5-4-19(9-24)10-25(13-3-2-11(20)6-12(13)19)17(27)23-16-22-7-15(31-16)30-8-14(21)26/h2-3,6-7H,4-5,8-10H2,1H3,(H2,21,26)(H,22,23,27). The summed E-state index contributed by atoms with van der Waals surface area (Å²) in [4.78, 5) is 43.6. The fraction of sp³-hybridized carbons (Fsp3) is 0.368. The number of ether oxygens (including phenoxy) is 1. The number of thiazole rings is 1. The van der Waals surface area contributed by atoms with Crippen molar-refractivity contribution in [3.63, 3.8) is 0 Å². The molecule has 2 aliphatic rings. The first-order chi connectivity index (χ1) is 14.8. The molecule has 9 nitrogen and oxygen atoms in total. The molecule has 0 bridgehead atoms. The zero-order valence-electron chi connectivity index (χ0n) is 16.6. The summed E-state index contributed by atoms with van der Waals surface area (Å²) in [5.74, 6) is -0.270. The number of anilines is 2. The molecule has 0 aliphatic carbocycles. The third-order valence-corrected chi connectivity index (χ3v) is 7.73. The smallest absolute Gasteiger partial charge is 0.409 e. The summed E-state index contributed by atoms with van der Waals surface area (Å²) >= 11 is 8.80. The highest BCUT2D eigenvalue weighted by molar-refractivity contribution is 8.01. The minimum absolute atomic E-state index is 0.148. The quantitative estimate of drug-likeness (QED) is 0.648. The van der Waals surface area contributed by atoms with Crippen LogP contribution in [0.15, 0.2) is 28.6 Å². The van der Waals surface area contributed by atoms with Gasteiger partial charge < -0.3 is 15.4 Å². The summed E-state index contributed by atoms with van der Waals surface area (Å²) in [6.07, 6.45) is 1.91. The Bertz CT molecular complexity index is 1050. The number of likely N-dealkylation sites (tertiary alicyclic amines) is 1. The minimum Gasteiger partial charge on any atom is -0.453 e. The number of nitrogens with zero attached hydrogens (tertiary/aromatic N) is 3. The summed E-state index contributed by atoms with van der Waals surface area (Å²) in [5.41, 5.74) is 6.46. The Morgan fingerprint density at radius 2 is 2.19 bits per heavy atom. The summed E-state index contributed by atoms with van der Waals surface area (Å²) in [6, 6.07) is 5.11. The lowest BCUT2D eigenvalue weighted by molar-refractivity contribution is -0.115. The third-order valence-electron chi connectivity index (χ3n) is 5.37. The molecule has 2 aromatic rings. The molecule has 4 rings (SSSR count). The van der Waals surface area contributed by atoms with E-state index in [1.54, 1.807) is 22.1 Å². The van der Waals surface area contributed by atoms with Crippen molar-refractivity contribution in [2.24, 2.45) is 5.73 Å². The second-order valence-electron chi connectivity index (χ2n) is 7.34. The molecule has 1 unspecified atom stereocenters. The predicted octanol–water partition coefficient (Wildman–Crippen LogP) is 3.14. The van der Waals surface area contributed by atoms with Crippen molar-refractivity contribution in [1.29, 1.82) is 0 Å². The number of aromatic nitrogens is 1. The molecule has 0 radical (unpaired) electrons. The molecule has 164 valence electrons. The van der Waals surface area contributed by atoms with Crippen LogP contribution in [0.4, 0.5) is 20.4 Å². The Hall–Kier alpha value is -2.50. The van der Waals surface area contributed by atoms with Gasteiger partial charge in [0.25, 0.3) is 0 Å². The number of urea groups is 1. The van der Waals surface area contributed by atoms with E-state index in [1.807, 2.05) is 12.1 Å². The first kappa shape index (κ1) is 21.7. The molecular formula is C19H20ClN5O4S2. The van der Waals surface area contributed by atoms with E-state index in [0.29, 0.717) is 36.2 Å². The predicted molar refractivity (Wildman–Crippen MR) is 120 cm³/mol. The van der Waals surface area contributed by atoms with E-state index in [2.05, 4.69) is 10.3 Å². The largest absolute Gasteiger partial charge is 0.453 e. The average molecular weight is 482 g/mol. The number of amides is 4. The minimum atomic E-state index is -0.417. The van der Waals surface area contributed by atoms with Crippen molar-refractivity contribution in [2.75, 3.05) is 42.7 Å². The molecule has 4 amide bonds. The van der Waals surface area contributed by atoms with Gasteiger partial charge in [-0.15, -0.1) is 11.8 Å². The Kier molecular flexibility index (Phi) is 6.00. The van der Waals surface area contributed by atoms with Crippen LogP contribution in [0.25, 0.3) is 0 Å². The van der Waals surface area contributed by atoms with Crippen molar-refractivity contribution in [1.82, 2.24) is 9.88 Å². The normalized spacial score (nSPS) is 19.5. The van der Waals surface area contributed by atoms with Crippen LogP contribution in [0.1, 0.15) is 12.0 Å². The molecule has 3 heterocycles. The molecule has 1 aromatic carbocycles. The second kappa shape index (κ2) is 8.56. The number of nitrogens with one attached hydrogen (secondary N) is 1. The van der Waals surface area contributed by atoms with Gasteiger partial charge in [-0.1, -0.05) is 22.9 Å². The first-order valence-corrected chi connectivity index (χ1v) is 11.6. The zero-order valence-corrected chi connectivity index (χ0v) is 19.0. The number of thioether (sulfide) groups is 1. The molecule has 1 aromatic heterocycles. The number of fused-ring (bicyclic) bond motifs is 2. The number of hydrogen-bond acceptors (Lipinski definition) is 7. The summed E-state index contributed by atoms with van der Waals surface area (Å²) < 4.78 is 5.65. The van der Waals surface area contributed by atoms with Crippen molar-refractivity contribution < 1.29 is 19.1 Å². The number of carbonyl (C=O) groups is 3. The topological polar surface area (TPSA) is 118 Å². The highest BCUT2D eigenvalue weighted by Gasteiger charge is 2.50. The summed E-state index contributed by atoms with van der Waals surface area (Å²) in [7, 11) is 1.36. The molecule has 2 aliphatic heterocycles. The Morgan fingerprint density at radius 3 is 2.94 bits per heavy atom. The lowest BCUT2D eigenvalue weighted by Crippen LogP contribution is -2.41. The summed E-state index contributed by atoms with van der Waals surface area (Å²) in [5, 5.41) is 3.83. The van der Waals surface area contributed by atoms with Gasteiger partial charge in [-0.05, 0) is 30.2 Å². The van der Waals surface area contributed by atoms with Crippen LogP contribution in [0, 0.1) is 0 Å². The number of hydrogen-bond donors (Lipinski definition) is 2. The van der Waals surface area contributed by atoms with Gasteiger partial charge in [-0.3, -0.25) is 15.0 Å². The van der Waals surface area contributed by atoms with Crippen LogP contribution in [-0.2, 0) is 14.9 Å². The van der Waals surface area contributed by atoms with Gasteiger partial charge in [-0.25, -0.2) is 14.6 Å². The monoisotopic (exact) mass is 481 g/mol. The van der Waals surface area contributed by atoms with E-state index in [-0.39, 0.29) is 17.9 Å².